The summed E-state index contributed by atoms with van der Waals surface area (Å²) in [5.74, 6) is -0.243. The topological polar surface area (TPSA) is 37.4 Å². The van der Waals surface area contributed by atoms with Crippen molar-refractivity contribution in [2.75, 3.05) is 26.2 Å². The van der Waals surface area contributed by atoms with Gasteiger partial charge in [0.25, 0.3) is 0 Å². The second-order valence-corrected chi connectivity index (χ2v) is 6.05. The highest BCUT2D eigenvalue weighted by atomic mass is 35.5. The van der Waals surface area contributed by atoms with Gasteiger partial charge in [-0.1, -0.05) is 29.8 Å². The fraction of sp³-hybridized carbons (Fsp3) is 0.353. The van der Waals surface area contributed by atoms with E-state index in [1.165, 1.54) is 12.1 Å². The molecular formula is C17H17ClF3N3O. The SMILES string of the molecule is FC(F)(F)Oc1ccc([C@@H](c2cccnc2Cl)N2CCNCC2)cc1. The standard InChI is InChI=1S/C17H17ClF3N3O/c18-16-14(2-1-7-23-16)15(24-10-8-22-9-11-24)12-3-5-13(6-4-12)25-17(19,20)21/h1-7,15,22H,8-11H2/t15-/m0/s1. The Kier molecular flexibility index (Phi) is 5.46. The van der Waals surface area contributed by atoms with E-state index in [2.05, 4.69) is 19.9 Å². The van der Waals surface area contributed by atoms with Crippen molar-refractivity contribution in [2.24, 2.45) is 0 Å². The quantitative estimate of drug-likeness (QED) is 0.833. The van der Waals surface area contributed by atoms with Crippen molar-refractivity contribution in [3.8, 4) is 5.75 Å². The van der Waals surface area contributed by atoms with Crippen LogP contribution in [0.5, 0.6) is 5.75 Å². The Morgan fingerprint density at radius 3 is 2.40 bits per heavy atom. The molecule has 1 aliphatic heterocycles. The summed E-state index contributed by atoms with van der Waals surface area (Å²) in [6.45, 7) is 3.28. The summed E-state index contributed by atoms with van der Waals surface area (Å²) in [5, 5.41) is 3.68. The molecule has 4 nitrogen and oxygen atoms in total. The highest BCUT2D eigenvalue weighted by Gasteiger charge is 2.31. The van der Waals surface area contributed by atoms with Crippen molar-refractivity contribution in [1.29, 1.82) is 0 Å². The molecule has 0 spiro atoms. The molecule has 134 valence electrons. The maximum absolute atomic E-state index is 12.3. The minimum Gasteiger partial charge on any atom is -0.406 e. The zero-order valence-corrected chi connectivity index (χ0v) is 14.0. The third-order valence-corrected chi connectivity index (χ3v) is 4.34. The first-order chi connectivity index (χ1) is 11.9. The van der Waals surface area contributed by atoms with Gasteiger partial charge in [0.15, 0.2) is 0 Å². The van der Waals surface area contributed by atoms with Gasteiger partial charge in [-0.2, -0.15) is 0 Å². The summed E-state index contributed by atoms with van der Waals surface area (Å²) in [6.07, 6.45) is -3.09. The van der Waals surface area contributed by atoms with Crippen molar-refractivity contribution in [3.63, 3.8) is 0 Å². The summed E-state index contributed by atoms with van der Waals surface area (Å²) >= 11 is 6.28. The third kappa shape index (κ3) is 4.62. The number of nitrogens with one attached hydrogen (secondary N) is 1. The van der Waals surface area contributed by atoms with Gasteiger partial charge < -0.3 is 10.1 Å². The lowest BCUT2D eigenvalue weighted by Gasteiger charge is -2.35. The summed E-state index contributed by atoms with van der Waals surface area (Å²) in [4.78, 5) is 6.37. The van der Waals surface area contributed by atoms with Crippen LogP contribution >= 0.6 is 11.6 Å². The van der Waals surface area contributed by atoms with Crippen molar-refractivity contribution < 1.29 is 17.9 Å². The molecule has 0 bridgehead atoms. The zero-order valence-electron chi connectivity index (χ0n) is 13.3. The molecule has 8 heteroatoms. The van der Waals surface area contributed by atoms with Gasteiger partial charge in [-0.3, -0.25) is 4.90 Å². The van der Waals surface area contributed by atoms with Gasteiger partial charge in [0.05, 0.1) is 6.04 Å². The Bertz CT molecular complexity index is 703. The molecule has 2 heterocycles. The molecule has 2 aromatic rings. The number of pyridine rings is 1. The van der Waals surface area contributed by atoms with Gasteiger partial charge in [-0.05, 0) is 23.8 Å². The second-order valence-electron chi connectivity index (χ2n) is 5.69. The number of hydrogen-bond acceptors (Lipinski definition) is 4. The van der Waals surface area contributed by atoms with E-state index in [4.69, 9.17) is 11.6 Å². The molecule has 1 atom stereocenters. The predicted octanol–water partition coefficient (Wildman–Crippen LogP) is 3.63. The predicted molar refractivity (Wildman–Crippen MR) is 88.7 cm³/mol. The highest BCUT2D eigenvalue weighted by molar-refractivity contribution is 6.30. The van der Waals surface area contributed by atoms with Gasteiger partial charge in [0.2, 0.25) is 0 Å². The molecule has 1 fully saturated rings. The van der Waals surface area contributed by atoms with E-state index in [0.29, 0.717) is 5.15 Å². The van der Waals surface area contributed by atoms with Gasteiger partial charge in [0.1, 0.15) is 10.9 Å². The van der Waals surface area contributed by atoms with Crippen LogP contribution in [0.4, 0.5) is 13.2 Å². The number of hydrogen-bond donors (Lipinski definition) is 1. The minimum atomic E-state index is -4.70. The molecule has 0 saturated carbocycles. The molecule has 1 saturated heterocycles. The molecule has 1 aromatic heterocycles. The summed E-state index contributed by atoms with van der Waals surface area (Å²) < 4.78 is 41.0. The summed E-state index contributed by atoms with van der Waals surface area (Å²) in [7, 11) is 0. The van der Waals surface area contributed by atoms with Crippen LogP contribution in [0.15, 0.2) is 42.6 Å². The van der Waals surface area contributed by atoms with E-state index in [-0.39, 0.29) is 11.8 Å². The number of rotatable bonds is 4. The smallest absolute Gasteiger partial charge is 0.406 e. The molecule has 25 heavy (non-hydrogen) atoms. The fourth-order valence-electron chi connectivity index (χ4n) is 2.98. The number of nitrogens with zero attached hydrogens (tertiary/aromatic N) is 2. The molecule has 1 aromatic carbocycles. The van der Waals surface area contributed by atoms with Gasteiger partial charge in [0, 0.05) is 37.9 Å². The number of piperazine rings is 1. The largest absolute Gasteiger partial charge is 0.573 e. The highest BCUT2D eigenvalue weighted by Crippen LogP contribution is 2.34. The van der Waals surface area contributed by atoms with Crippen LogP contribution in [0.25, 0.3) is 0 Å². The average molecular weight is 372 g/mol. The van der Waals surface area contributed by atoms with Gasteiger partial charge in [-0.15, -0.1) is 13.2 Å². The fourth-order valence-corrected chi connectivity index (χ4v) is 3.20. The number of halogens is 4. The summed E-state index contributed by atoms with van der Waals surface area (Å²) in [5.41, 5.74) is 1.67. The Morgan fingerprint density at radius 1 is 1.12 bits per heavy atom. The molecule has 1 aliphatic rings. The number of benzene rings is 1. The lowest BCUT2D eigenvalue weighted by Crippen LogP contribution is -2.45. The van der Waals surface area contributed by atoms with E-state index in [1.54, 1.807) is 24.4 Å². The number of aromatic nitrogens is 1. The van der Waals surface area contributed by atoms with Crippen molar-refractivity contribution >= 4 is 11.6 Å². The number of ether oxygens (including phenoxy) is 1. The first kappa shape index (κ1) is 18.0. The lowest BCUT2D eigenvalue weighted by atomic mass is 9.97. The Labute approximate surface area is 148 Å². The van der Waals surface area contributed by atoms with Crippen molar-refractivity contribution in [2.45, 2.75) is 12.4 Å². The molecule has 0 amide bonds. The monoisotopic (exact) mass is 371 g/mol. The minimum absolute atomic E-state index is 0.178. The molecule has 0 unspecified atom stereocenters. The second kappa shape index (κ2) is 7.59. The van der Waals surface area contributed by atoms with E-state index in [1.807, 2.05) is 6.07 Å². The molecule has 3 rings (SSSR count). The van der Waals surface area contributed by atoms with Crippen LogP contribution in [-0.2, 0) is 0 Å². The van der Waals surface area contributed by atoms with E-state index >= 15 is 0 Å². The van der Waals surface area contributed by atoms with E-state index in [9.17, 15) is 13.2 Å². The van der Waals surface area contributed by atoms with E-state index in [0.717, 1.165) is 37.3 Å². The van der Waals surface area contributed by atoms with Crippen molar-refractivity contribution in [3.05, 3.63) is 58.9 Å². The number of alkyl halides is 3. The molecule has 1 N–H and O–H groups in total. The maximum Gasteiger partial charge on any atom is 0.573 e. The van der Waals surface area contributed by atoms with Crippen LogP contribution in [0, 0.1) is 0 Å². The first-order valence-electron chi connectivity index (χ1n) is 7.85. The van der Waals surface area contributed by atoms with Gasteiger partial charge in [-0.25, -0.2) is 4.98 Å². The average Bonchev–Trinajstić information content (AvgIpc) is 2.58. The maximum atomic E-state index is 12.3. The lowest BCUT2D eigenvalue weighted by molar-refractivity contribution is -0.274. The normalized spacial score (nSPS) is 17.3. The zero-order chi connectivity index (χ0) is 17.9. The Balaban J connectivity index is 1.93. The van der Waals surface area contributed by atoms with Crippen LogP contribution in [0.3, 0.4) is 0 Å². The molecular weight excluding hydrogens is 355 g/mol. The van der Waals surface area contributed by atoms with Crippen molar-refractivity contribution in [1.82, 2.24) is 15.2 Å². The third-order valence-electron chi connectivity index (χ3n) is 4.03. The van der Waals surface area contributed by atoms with Crippen LogP contribution in [0.1, 0.15) is 17.2 Å². The van der Waals surface area contributed by atoms with Crippen LogP contribution in [0.2, 0.25) is 5.15 Å². The van der Waals surface area contributed by atoms with Gasteiger partial charge >= 0.3 is 6.36 Å². The van der Waals surface area contributed by atoms with Crippen LogP contribution in [-0.4, -0.2) is 42.4 Å². The van der Waals surface area contributed by atoms with E-state index < -0.39 is 6.36 Å². The summed E-state index contributed by atoms with van der Waals surface area (Å²) in [6, 6.07) is 9.43. The molecule has 0 aliphatic carbocycles. The Morgan fingerprint density at radius 2 is 1.80 bits per heavy atom. The molecule has 0 radical (unpaired) electrons. The first-order valence-corrected chi connectivity index (χ1v) is 8.23. The Hall–Kier alpha value is -1.83. The van der Waals surface area contributed by atoms with Crippen LogP contribution < -0.4 is 10.1 Å².